The summed E-state index contributed by atoms with van der Waals surface area (Å²) in [5.74, 6) is 0.163. The van der Waals surface area contributed by atoms with E-state index in [2.05, 4.69) is 0 Å². The van der Waals surface area contributed by atoms with Gasteiger partial charge in [0.1, 0.15) is 12.4 Å². The molecule has 0 fully saturated rings. The molecule has 0 aromatic heterocycles. The molecule has 3 rings (SSSR count). The van der Waals surface area contributed by atoms with Crippen LogP contribution >= 0.6 is 0 Å². The number of ether oxygens (including phenoxy) is 1. The van der Waals surface area contributed by atoms with Crippen molar-refractivity contribution in [3.8, 4) is 16.9 Å². The van der Waals surface area contributed by atoms with Crippen molar-refractivity contribution in [3.05, 3.63) is 90.0 Å². The monoisotopic (exact) mass is 303 g/mol. The van der Waals surface area contributed by atoms with Crippen LogP contribution in [0.1, 0.15) is 15.9 Å². The third-order valence-electron chi connectivity index (χ3n) is 3.59. The fourth-order valence-corrected chi connectivity index (χ4v) is 2.43. The third kappa shape index (κ3) is 3.58. The van der Waals surface area contributed by atoms with Crippen LogP contribution in [0.3, 0.4) is 0 Å². The van der Waals surface area contributed by atoms with Crippen LogP contribution in [-0.2, 0) is 6.61 Å². The van der Waals surface area contributed by atoms with Crippen LogP contribution in [0, 0.1) is 0 Å². The highest BCUT2D eigenvalue weighted by molar-refractivity contribution is 6.00. The zero-order valence-corrected chi connectivity index (χ0v) is 12.6. The molecule has 0 unspecified atom stereocenters. The molecule has 114 valence electrons. The van der Waals surface area contributed by atoms with Gasteiger partial charge in [0.05, 0.1) is 5.56 Å². The van der Waals surface area contributed by atoms with E-state index in [1.165, 1.54) is 0 Å². The molecule has 0 saturated heterocycles. The van der Waals surface area contributed by atoms with Crippen LogP contribution in [0.25, 0.3) is 11.1 Å². The first-order chi connectivity index (χ1) is 11.2. The summed E-state index contributed by atoms with van der Waals surface area (Å²) in [5.41, 5.74) is 8.83. The summed E-state index contributed by atoms with van der Waals surface area (Å²) < 4.78 is 5.77. The predicted octanol–water partition coefficient (Wildman–Crippen LogP) is 4.03. The lowest BCUT2D eigenvalue weighted by atomic mass is 9.99. The molecule has 1 amide bonds. The lowest BCUT2D eigenvalue weighted by molar-refractivity contribution is 0.100. The molecule has 0 spiro atoms. The standard InChI is InChI=1S/C20H17NO2/c21-20(22)19-13-17(23-14-15-7-3-1-4-8-15)11-12-18(19)16-9-5-2-6-10-16/h1-13H,14H2,(H2,21,22). The molecule has 0 aliphatic carbocycles. The van der Waals surface area contributed by atoms with Gasteiger partial charge in [0.2, 0.25) is 5.91 Å². The topological polar surface area (TPSA) is 52.3 Å². The summed E-state index contributed by atoms with van der Waals surface area (Å²) in [6, 6.07) is 25.0. The second-order valence-electron chi connectivity index (χ2n) is 5.21. The number of primary amides is 1. The van der Waals surface area contributed by atoms with Gasteiger partial charge < -0.3 is 10.5 Å². The molecule has 0 radical (unpaired) electrons. The summed E-state index contributed by atoms with van der Waals surface area (Å²) in [7, 11) is 0. The summed E-state index contributed by atoms with van der Waals surface area (Å²) in [5, 5.41) is 0. The average Bonchev–Trinajstić information content (AvgIpc) is 2.61. The molecule has 2 N–H and O–H groups in total. The first-order valence-electron chi connectivity index (χ1n) is 7.40. The first-order valence-corrected chi connectivity index (χ1v) is 7.40. The molecule has 0 aliphatic heterocycles. The molecule has 3 nitrogen and oxygen atoms in total. The van der Waals surface area contributed by atoms with E-state index in [-0.39, 0.29) is 0 Å². The lowest BCUT2D eigenvalue weighted by Crippen LogP contribution is -2.12. The van der Waals surface area contributed by atoms with Gasteiger partial charge >= 0.3 is 0 Å². The van der Waals surface area contributed by atoms with Gasteiger partial charge in [0.25, 0.3) is 0 Å². The Morgan fingerprint density at radius 2 is 1.52 bits per heavy atom. The number of nitrogens with two attached hydrogens (primary N) is 1. The molecule has 0 aliphatic rings. The number of benzene rings is 3. The molecule has 0 atom stereocenters. The van der Waals surface area contributed by atoms with Gasteiger partial charge in [0, 0.05) is 0 Å². The molecular formula is C20H17NO2. The number of amides is 1. The maximum atomic E-state index is 11.8. The summed E-state index contributed by atoms with van der Waals surface area (Å²) in [6.07, 6.45) is 0. The van der Waals surface area contributed by atoms with Crippen LogP contribution < -0.4 is 10.5 Å². The van der Waals surface area contributed by atoms with Gasteiger partial charge in [0.15, 0.2) is 0 Å². The Morgan fingerprint density at radius 3 is 2.17 bits per heavy atom. The van der Waals surface area contributed by atoms with Crippen LogP contribution in [0.5, 0.6) is 5.75 Å². The SMILES string of the molecule is NC(=O)c1cc(OCc2ccccc2)ccc1-c1ccccc1. The van der Waals surface area contributed by atoms with Crippen molar-refractivity contribution in [3.63, 3.8) is 0 Å². The highest BCUT2D eigenvalue weighted by Gasteiger charge is 2.11. The minimum atomic E-state index is -0.464. The van der Waals surface area contributed by atoms with E-state index in [4.69, 9.17) is 10.5 Å². The third-order valence-corrected chi connectivity index (χ3v) is 3.59. The normalized spacial score (nSPS) is 10.3. The highest BCUT2D eigenvalue weighted by Crippen LogP contribution is 2.27. The van der Waals surface area contributed by atoms with Gasteiger partial charge in [-0.3, -0.25) is 4.79 Å². The van der Waals surface area contributed by atoms with Gasteiger partial charge in [-0.15, -0.1) is 0 Å². The van der Waals surface area contributed by atoms with Crippen LogP contribution in [0.15, 0.2) is 78.9 Å². The lowest BCUT2D eigenvalue weighted by Gasteiger charge is -2.11. The van der Waals surface area contributed by atoms with E-state index in [0.29, 0.717) is 17.9 Å². The Morgan fingerprint density at radius 1 is 0.870 bits per heavy atom. The van der Waals surface area contributed by atoms with Crippen molar-refractivity contribution in [2.75, 3.05) is 0 Å². The van der Waals surface area contributed by atoms with Crippen LogP contribution in [0.4, 0.5) is 0 Å². The van der Waals surface area contributed by atoms with Crippen molar-refractivity contribution >= 4 is 5.91 Å². The number of hydrogen-bond donors (Lipinski definition) is 1. The van der Waals surface area contributed by atoms with E-state index in [0.717, 1.165) is 16.7 Å². The average molecular weight is 303 g/mol. The molecule has 0 saturated carbocycles. The van der Waals surface area contributed by atoms with E-state index in [9.17, 15) is 4.79 Å². The molecular weight excluding hydrogens is 286 g/mol. The first kappa shape index (κ1) is 14.9. The Labute approximate surface area is 135 Å². The maximum absolute atomic E-state index is 11.8. The largest absolute Gasteiger partial charge is 0.489 e. The van der Waals surface area contributed by atoms with Crippen molar-refractivity contribution in [2.24, 2.45) is 5.73 Å². The number of rotatable bonds is 5. The molecule has 3 aromatic carbocycles. The van der Waals surface area contributed by atoms with E-state index >= 15 is 0 Å². The molecule has 23 heavy (non-hydrogen) atoms. The second-order valence-corrected chi connectivity index (χ2v) is 5.21. The summed E-state index contributed by atoms with van der Waals surface area (Å²) in [4.78, 5) is 11.8. The Bertz CT molecular complexity index is 798. The van der Waals surface area contributed by atoms with Gasteiger partial charge in [-0.05, 0) is 34.9 Å². The molecule has 3 aromatic rings. The van der Waals surface area contributed by atoms with Gasteiger partial charge in [-0.1, -0.05) is 60.7 Å². The van der Waals surface area contributed by atoms with Gasteiger partial charge in [-0.25, -0.2) is 0 Å². The van der Waals surface area contributed by atoms with E-state index < -0.39 is 5.91 Å². The van der Waals surface area contributed by atoms with Crippen molar-refractivity contribution < 1.29 is 9.53 Å². The zero-order chi connectivity index (χ0) is 16.1. The molecule has 3 heteroatoms. The number of carbonyl (C=O) groups excluding carboxylic acids is 1. The van der Waals surface area contributed by atoms with Gasteiger partial charge in [-0.2, -0.15) is 0 Å². The molecule has 0 heterocycles. The smallest absolute Gasteiger partial charge is 0.249 e. The zero-order valence-electron chi connectivity index (χ0n) is 12.6. The molecule has 0 bridgehead atoms. The number of hydrogen-bond acceptors (Lipinski definition) is 2. The second kappa shape index (κ2) is 6.79. The fraction of sp³-hybridized carbons (Fsp3) is 0.0500. The Balaban J connectivity index is 1.86. The van der Waals surface area contributed by atoms with Crippen LogP contribution in [-0.4, -0.2) is 5.91 Å². The minimum absolute atomic E-state index is 0.448. The van der Waals surface area contributed by atoms with Crippen molar-refractivity contribution in [1.29, 1.82) is 0 Å². The van der Waals surface area contributed by atoms with E-state index in [1.807, 2.05) is 72.8 Å². The quantitative estimate of drug-likeness (QED) is 0.773. The fourth-order valence-electron chi connectivity index (χ4n) is 2.43. The minimum Gasteiger partial charge on any atom is -0.489 e. The van der Waals surface area contributed by atoms with Crippen molar-refractivity contribution in [1.82, 2.24) is 0 Å². The van der Waals surface area contributed by atoms with E-state index in [1.54, 1.807) is 6.07 Å². The van der Waals surface area contributed by atoms with Crippen molar-refractivity contribution in [2.45, 2.75) is 6.61 Å². The summed E-state index contributed by atoms with van der Waals surface area (Å²) >= 11 is 0. The summed E-state index contributed by atoms with van der Waals surface area (Å²) in [6.45, 7) is 0.448. The van der Waals surface area contributed by atoms with Crippen LogP contribution in [0.2, 0.25) is 0 Å². The maximum Gasteiger partial charge on any atom is 0.249 e. The predicted molar refractivity (Wildman–Crippen MR) is 91.2 cm³/mol. The Hall–Kier alpha value is -3.07. The number of carbonyl (C=O) groups is 1. The Kier molecular flexibility index (Phi) is 4.39. The highest BCUT2D eigenvalue weighted by atomic mass is 16.5.